The van der Waals surface area contributed by atoms with Gasteiger partial charge in [0, 0.05) is 61.5 Å². The third-order valence-electron chi connectivity index (χ3n) is 7.43. The van der Waals surface area contributed by atoms with E-state index in [0.717, 1.165) is 49.3 Å². The number of hydrogen-bond donors (Lipinski definition) is 3. The first kappa shape index (κ1) is 24.4. The van der Waals surface area contributed by atoms with Gasteiger partial charge in [0.25, 0.3) is 5.91 Å². The Morgan fingerprint density at radius 2 is 2.03 bits per heavy atom. The van der Waals surface area contributed by atoms with Crippen molar-refractivity contribution in [3.05, 3.63) is 54.2 Å². The molecule has 2 atom stereocenters. The summed E-state index contributed by atoms with van der Waals surface area (Å²) in [6, 6.07) is 13.6. The number of anilines is 3. The number of fused-ring (bicyclic) bond motifs is 2. The van der Waals surface area contributed by atoms with E-state index in [1.54, 1.807) is 25.4 Å². The monoisotopic (exact) mass is 516 g/mol. The molecule has 2 bridgehead atoms. The summed E-state index contributed by atoms with van der Waals surface area (Å²) in [5.74, 6) is 1.61. The number of carbonyl (C=O) groups is 1. The lowest BCUT2D eigenvalue weighted by atomic mass is 10.1. The molecule has 3 fully saturated rings. The lowest BCUT2D eigenvalue weighted by Gasteiger charge is -2.28. The van der Waals surface area contributed by atoms with Gasteiger partial charge in [-0.05, 0) is 42.8 Å². The van der Waals surface area contributed by atoms with Crippen molar-refractivity contribution in [3.8, 4) is 22.8 Å². The van der Waals surface area contributed by atoms with Gasteiger partial charge in [-0.2, -0.15) is 0 Å². The number of likely N-dealkylation sites (tertiary alicyclic amines) is 1. The van der Waals surface area contributed by atoms with Gasteiger partial charge in [-0.3, -0.25) is 4.79 Å². The Kier molecular flexibility index (Phi) is 6.73. The number of nitrogen functional groups attached to an aromatic ring is 1. The van der Waals surface area contributed by atoms with Crippen molar-refractivity contribution in [1.82, 2.24) is 20.2 Å². The molecule has 198 valence electrons. The van der Waals surface area contributed by atoms with E-state index in [1.807, 2.05) is 35.2 Å². The average Bonchev–Trinajstić information content (AvgIpc) is 3.59. The maximum absolute atomic E-state index is 13.2. The van der Waals surface area contributed by atoms with Crippen LogP contribution in [-0.2, 0) is 4.74 Å². The van der Waals surface area contributed by atoms with Gasteiger partial charge in [0.2, 0.25) is 5.95 Å². The molecule has 0 radical (unpaired) electrons. The van der Waals surface area contributed by atoms with E-state index < -0.39 is 0 Å². The molecule has 3 saturated heterocycles. The largest absolute Gasteiger partial charge is 0.496 e. The topological polar surface area (TPSA) is 124 Å². The van der Waals surface area contributed by atoms with Gasteiger partial charge in [-0.1, -0.05) is 0 Å². The van der Waals surface area contributed by atoms with Crippen LogP contribution in [0, 0.1) is 0 Å². The number of benzene rings is 2. The summed E-state index contributed by atoms with van der Waals surface area (Å²) in [5.41, 5.74) is 9.74. The minimum Gasteiger partial charge on any atom is -0.496 e. The molecule has 0 aliphatic carbocycles. The highest BCUT2D eigenvalue weighted by molar-refractivity contribution is 5.98. The fourth-order valence-electron chi connectivity index (χ4n) is 5.41. The molecule has 3 aliphatic heterocycles. The number of nitrogens with one attached hydrogen (secondary N) is 2. The Balaban J connectivity index is 1.16. The quantitative estimate of drug-likeness (QED) is 0.406. The normalized spacial score (nSPS) is 20.9. The number of nitrogens with two attached hydrogens (primary N) is 1. The molecule has 10 nitrogen and oxygen atoms in total. The lowest BCUT2D eigenvalue weighted by Crippen LogP contribution is -2.46. The van der Waals surface area contributed by atoms with E-state index in [9.17, 15) is 4.79 Å². The molecule has 3 aromatic rings. The van der Waals surface area contributed by atoms with E-state index in [-0.39, 0.29) is 18.1 Å². The van der Waals surface area contributed by atoms with Gasteiger partial charge in [0.15, 0.2) is 0 Å². The molecule has 4 heterocycles. The number of aromatic nitrogens is 2. The van der Waals surface area contributed by atoms with E-state index in [0.29, 0.717) is 48.0 Å². The van der Waals surface area contributed by atoms with Crippen LogP contribution in [0.2, 0.25) is 0 Å². The van der Waals surface area contributed by atoms with Crippen molar-refractivity contribution in [1.29, 1.82) is 0 Å². The highest BCUT2D eigenvalue weighted by atomic mass is 16.5. The third kappa shape index (κ3) is 4.97. The number of carbonyl (C=O) groups excluding carboxylic acids is 1. The molecule has 38 heavy (non-hydrogen) atoms. The van der Waals surface area contributed by atoms with Crippen molar-refractivity contribution in [2.24, 2.45) is 0 Å². The molecular weight excluding hydrogens is 484 g/mol. The molecule has 1 amide bonds. The van der Waals surface area contributed by atoms with E-state index in [4.69, 9.17) is 19.9 Å². The summed E-state index contributed by atoms with van der Waals surface area (Å²) < 4.78 is 17.1. The number of nitrogens with zero attached hydrogens (tertiary/aromatic N) is 3. The van der Waals surface area contributed by atoms with Crippen LogP contribution in [0.1, 0.15) is 29.6 Å². The predicted octanol–water partition coefficient (Wildman–Crippen LogP) is 3.22. The van der Waals surface area contributed by atoms with Gasteiger partial charge in [-0.15, -0.1) is 0 Å². The van der Waals surface area contributed by atoms with Crippen molar-refractivity contribution >= 4 is 23.2 Å². The Bertz CT molecular complexity index is 1330. The second kappa shape index (κ2) is 10.5. The Hall–Kier alpha value is -3.89. The van der Waals surface area contributed by atoms with Crippen LogP contribution in [0.15, 0.2) is 48.7 Å². The molecule has 10 heteroatoms. The fourth-order valence-corrected chi connectivity index (χ4v) is 5.41. The van der Waals surface area contributed by atoms with E-state index in [2.05, 4.69) is 20.6 Å². The molecule has 3 aliphatic rings. The second-order valence-electron chi connectivity index (χ2n) is 9.94. The average molecular weight is 517 g/mol. The minimum absolute atomic E-state index is 0.00230. The summed E-state index contributed by atoms with van der Waals surface area (Å²) in [7, 11) is 1.57. The Morgan fingerprint density at radius 3 is 2.76 bits per heavy atom. The van der Waals surface area contributed by atoms with Gasteiger partial charge in [0.1, 0.15) is 17.6 Å². The van der Waals surface area contributed by atoms with Crippen LogP contribution < -0.4 is 25.8 Å². The highest BCUT2D eigenvalue weighted by Gasteiger charge is 2.40. The molecule has 2 unspecified atom stereocenters. The number of ether oxygens (including phenoxy) is 3. The van der Waals surface area contributed by atoms with Crippen LogP contribution >= 0.6 is 0 Å². The van der Waals surface area contributed by atoms with Gasteiger partial charge in [0.05, 0.1) is 37.3 Å². The van der Waals surface area contributed by atoms with Crippen molar-refractivity contribution in [2.75, 3.05) is 44.5 Å². The van der Waals surface area contributed by atoms with Crippen molar-refractivity contribution in [2.45, 2.75) is 37.5 Å². The molecule has 4 N–H and O–H groups in total. The number of hydrogen-bond acceptors (Lipinski definition) is 9. The maximum Gasteiger partial charge on any atom is 0.257 e. The summed E-state index contributed by atoms with van der Waals surface area (Å²) in [4.78, 5) is 24.2. The summed E-state index contributed by atoms with van der Waals surface area (Å²) in [6.45, 7) is 3.01. The Morgan fingerprint density at radius 1 is 1.16 bits per heavy atom. The van der Waals surface area contributed by atoms with Crippen LogP contribution in [0.4, 0.5) is 17.3 Å². The number of piperazine rings is 1. The van der Waals surface area contributed by atoms with Crippen LogP contribution in [-0.4, -0.2) is 72.4 Å². The molecule has 1 aromatic heterocycles. The van der Waals surface area contributed by atoms with Gasteiger partial charge >= 0.3 is 0 Å². The zero-order valence-corrected chi connectivity index (χ0v) is 21.4. The van der Waals surface area contributed by atoms with Crippen LogP contribution in [0.3, 0.4) is 0 Å². The molecule has 6 rings (SSSR count). The van der Waals surface area contributed by atoms with E-state index >= 15 is 0 Å². The number of methoxy groups -OCH3 is 1. The first-order chi connectivity index (χ1) is 18.6. The van der Waals surface area contributed by atoms with Crippen LogP contribution in [0.25, 0.3) is 11.3 Å². The number of rotatable bonds is 7. The molecular formula is C28H32N6O4. The van der Waals surface area contributed by atoms with E-state index in [1.165, 1.54) is 0 Å². The molecule has 0 spiro atoms. The Labute approximate surface area is 221 Å². The third-order valence-corrected chi connectivity index (χ3v) is 7.43. The predicted molar refractivity (Wildman–Crippen MR) is 144 cm³/mol. The fraction of sp³-hybridized carbons (Fsp3) is 0.393. The second-order valence-corrected chi connectivity index (χ2v) is 9.94. The molecule has 0 saturated carbocycles. The first-order valence-electron chi connectivity index (χ1n) is 13.0. The molecule has 2 aromatic carbocycles. The minimum atomic E-state index is 0.00230. The standard InChI is InChI=1S/C28H32N6O4/c1-36-26-14-18(3-4-22(26)27(35)34-16-19-13-20(34)15-31-19)32-28-30-9-6-24(33-28)17-2-5-25(23(29)12-17)38-21-7-10-37-11-8-21/h2-6,9,12,14,19-21,31H,7-8,10-11,13,15-16,29H2,1H3,(H,30,32,33). The summed E-state index contributed by atoms with van der Waals surface area (Å²) >= 11 is 0. The van der Waals surface area contributed by atoms with Crippen molar-refractivity contribution in [3.63, 3.8) is 0 Å². The smallest absolute Gasteiger partial charge is 0.257 e. The summed E-state index contributed by atoms with van der Waals surface area (Å²) in [5, 5.41) is 6.66. The van der Waals surface area contributed by atoms with Gasteiger partial charge in [-0.25, -0.2) is 9.97 Å². The van der Waals surface area contributed by atoms with Gasteiger partial charge < -0.3 is 35.5 Å². The first-order valence-corrected chi connectivity index (χ1v) is 13.0. The SMILES string of the molecule is COc1cc(Nc2nccc(-c3ccc(OC4CCOCC4)c(N)c3)n2)ccc1C(=O)N1CC2CC1CN2. The summed E-state index contributed by atoms with van der Waals surface area (Å²) in [6.07, 6.45) is 4.54. The van der Waals surface area contributed by atoms with Crippen molar-refractivity contribution < 1.29 is 19.0 Å². The number of amides is 1. The van der Waals surface area contributed by atoms with Crippen LogP contribution in [0.5, 0.6) is 11.5 Å². The zero-order chi connectivity index (χ0) is 26.1. The maximum atomic E-state index is 13.2. The zero-order valence-electron chi connectivity index (χ0n) is 21.4. The lowest BCUT2D eigenvalue weighted by molar-refractivity contribution is 0.0259. The highest BCUT2D eigenvalue weighted by Crippen LogP contribution is 2.32.